The molecule has 1 heterocycles. The predicted octanol–water partition coefficient (Wildman–Crippen LogP) is 1.62. The monoisotopic (exact) mass is 165 g/mol. The maximum Gasteiger partial charge on any atom is 0.181 e. The van der Waals surface area contributed by atoms with E-state index < -0.39 is 0 Å². The Hall–Kier alpha value is -0.790. The molecule has 0 aromatic heterocycles. The molecule has 2 rings (SSSR count). The highest BCUT2D eigenvalue weighted by atomic mass is 16.1. The summed E-state index contributed by atoms with van der Waals surface area (Å²) in [7, 11) is 0. The number of carbonyl (C=O) groups excluding carboxylic acids is 1. The van der Waals surface area contributed by atoms with Crippen molar-refractivity contribution in [1.82, 2.24) is 5.32 Å². The van der Waals surface area contributed by atoms with Crippen LogP contribution in [0.5, 0.6) is 0 Å². The smallest absolute Gasteiger partial charge is 0.181 e. The van der Waals surface area contributed by atoms with Crippen LogP contribution >= 0.6 is 0 Å². The summed E-state index contributed by atoms with van der Waals surface area (Å²) in [5.74, 6) is 0.576. The van der Waals surface area contributed by atoms with E-state index in [1.807, 2.05) is 6.92 Å². The molecular weight excluding hydrogens is 150 g/mol. The minimum atomic E-state index is 0.237. The first kappa shape index (κ1) is 7.84. The van der Waals surface area contributed by atoms with E-state index in [0.717, 1.165) is 25.1 Å². The van der Waals surface area contributed by atoms with Crippen LogP contribution in [0.3, 0.4) is 0 Å². The molecule has 2 nitrogen and oxygen atoms in total. The fraction of sp³-hybridized carbons (Fsp3) is 0.700. The zero-order valence-corrected chi connectivity index (χ0v) is 7.52. The minimum Gasteiger partial charge on any atom is -0.382 e. The van der Waals surface area contributed by atoms with E-state index in [2.05, 4.69) is 5.32 Å². The number of hydrogen-bond donors (Lipinski definition) is 1. The molecule has 1 atom stereocenters. The molecule has 0 aromatic carbocycles. The number of hydrogen-bond acceptors (Lipinski definition) is 2. The van der Waals surface area contributed by atoms with E-state index in [0.29, 0.717) is 5.78 Å². The number of Topliss-reactive ketones (excluding diaryl/α,β-unsaturated/α-hetero) is 1. The molecule has 0 aromatic rings. The Kier molecular flexibility index (Phi) is 1.91. The van der Waals surface area contributed by atoms with Crippen LogP contribution in [0.25, 0.3) is 0 Å². The van der Waals surface area contributed by atoms with Crippen molar-refractivity contribution in [3.8, 4) is 0 Å². The van der Waals surface area contributed by atoms with E-state index in [4.69, 9.17) is 0 Å². The molecule has 1 N–H and O–H groups in total. The summed E-state index contributed by atoms with van der Waals surface area (Å²) in [5.41, 5.74) is 2.34. The third kappa shape index (κ3) is 1.15. The van der Waals surface area contributed by atoms with Crippen molar-refractivity contribution in [3.05, 3.63) is 11.3 Å². The van der Waals surface area contributed by atoms with Crippen molar-refractivity contribution in [2.24, 2.45) is 5.92 Å². The second-order valence-corrected chi connectivity index (χ2v) is 3.83. The summed E-state index contributed by atoms with van der Waals surface area (Å²) in [5, 5.41) is 3.25. The number of rotatable bonds is 0. The Labute approximate surface area is 73.0 Å². The number of allylic oxidation sites excluding steroid dienone is 2. The van der Waals surface area contributed by atoms with E-state index in [-0.39, 0.29) is 5.92 Å². The van der Waals surface area contributed by atoms with Crippen molar-refractivity contribution in [1.29, 1.82) is 0 Å². The van der Waals surface area contributed by atoms with Crippen LogP contribution in [0, 0.1) is 5.92 Å². The van der Waals surface area contributed by atoms with Crippen molar-refractivity contribution < 1.29 is 4.79 Å². The first-order chi connectivity index (χ1) is 5.79. The quantitative estimate of drug-likeness (QED) is 0.591. The molecule has 0 saturated carbocycles. The zero-order chi connectivity index (χ0) is 8.55. The Balaban J connectivity index is 2.22. The van der Waals surface area contributed by atoms with E-state index >= 15 is 0 Å². The lowest BCUT2D eigenvalue weighted by atomic mass is 10.0. The Morgan fingerprint density at radius 1 is 1.42 bits per heavy atom. The SMILES string of the molecule is CC1CC2=C(NCCCC2)C1=O. The van der Waals surface area contributed by atoms with Gasteiger partial charge in [-0.25, -0.2) is 0 Å². The van der Waals surface area contributed by atoms with Gasteiger partial charge in [-0.3, -0.25) is 4.79 Å². The average molecular weight is 165 g/mol. The van der Waals surface area contributed by atoms with Gasteiger partial charge in [-0.15, -0.1) is 0 Å². The van der Waals surface area contributed by atoms with Gasteiger partial charge in [-0.2, -0.15) is 0 Å². The predicted molar refractivity (Wildman–Crippen MR) is 47.7 cm³/mol. The first-order valence-corrected chi connectivity index (χ1v) is 4.79. The third-order valence-corrected chi connectivity index (χ3v) is 2.81. The minimum absolute atomic E-state index is 0.237. The molecule has 0 saturated heterocycles. The maximum absolute atomic E-state index is 11.6. The Bertz CT molecular complexity index is 242. The molecule has 0 fully saturated rings. The lowest BCUT2D eigenvalue weighted by molar-refractivity contribution is -0.118. The lowest BCUT2D eigenvalue weighted by Gasteiger charge is -2.04. The fourth-order valence-corrected chi connectivity index (χ4v) is 2.10. The number of ketones is 1. The van der Waals surface area contributed by atoms with Crippen LogP contribution in [0.2, 0.25) is 0 Å². The highest BCUT2D eigenvalue weighted by Gasteiger charge is 2.29. The Morgan fingerprint density at radius 3 is 3.08 bits per heavy atom. The normalized spacial score (nSPS) is 29.8. The summed E-state index contributed by atoms with van der Waals surface area (Å²) >= 11 is 0. The maximum atomic E-state index is 11.6. The molecule has 12 heavy (non-hydrogen) atoms. The summed E-state index contributed by atoms with van der Waals surface area (Å²) in [6.07, 6.45) is 4.58. The van der Waals surface area contributed by atoms with Crippen molar-refractivity contribution in [2.45, 2.75) is 32.6 Å². The third-order valence-electron chi connectivity index (χ3n) is 2.81. The molecule has 0 bridgehead atoms. The van der Waals surface area contributed by atoms with Gasteiger partial charge in [-0.05, 0) is 31.3 Å². The van der Waals surface area contributed by atoms with Gasteiger partial charge in [0.15, 0.2) is 5.78 Å². The molecule has 1 aliphatic carbocycles. The Morgan fingerprint density at radius 2 is 2.25 bits per heavy atom. The van der Waals surface area contributed by atoms with Gasteiger partial charge in [0.25, 0.3) is 0 Å². The first-order valence-electron chi connectivity index (χ1n) is 4.79. The van der Waals surface area contributed by atoms with Crippen LogP contribution in [0.4, 0.5) is 0 Å². The van der Waals surface area contributed by atoms with Crippen molar-refractivity contribution in [2.75, 3.05) is 6.54 Å². The fourth-order valence-electron chi connectivity index (χ4n) is 2.10. The summed E-state index contributed by atoms with van der Waals surface area (Å²) in [6, 6.07) is 0. The zero-order valence-electron chi connectivity index (χ0n) is 7.52. The van der Waals surface area contributed by atoms with E-state index in [9.17, 15) is 4.79 Å². The average Bonchev–Trinajstić information content (AvgIpc) is 2.30. The lowest BCUT2D eigenvalue weighted by Crippen LogP contribution is -2.20. The summed E-state index contributed by atoms with van der Waals surface area (Å²) in [4.78, 5) is 11.6. The molecule has 0 spiro atoms. The standard InChI is InChI=1S/C10H15NO/c1-7-6-8-4-2-3-5-11-9(8)10(7)12/h7,11H,2-6H2,1H3. The molecule has 2 aliphatic rings. The van der Waals surface area contributed by atoms with Crippen LogP contribution in [-0.2, 0) is 4.79 Å². The van der Waals surface area contributed by atoms with Gasteiger partial charge in [0.05, 0.1) is 5.70 Å². The van der Waals surface area contributed by atoms with Crippen molar-refractivity contribution >= 4 is 5.78 Å². The van der Waals surface area contributed by atoms with Crippen LogP contribution < -0.4 is 5.32 Å². The van der Waals surface area contributed by atoms with Gasteiger partial charge in [0.1, 0.15) is 0 Å². The molecule has 1 aliphatic heterocycles. The van der Waals surface area contributed by atoms with Gasteiger partial charge in [0, 0.05) is 12.5 Å². The van der Waals surface area contributed by atoms with Crippen LogP contribution in [-0.4, -0.2) is 12.3 Å². The van der Waals surface area contributed by atoms with E-state index in [1.165, 1.54) is 18.4 Å². The van der Waals surface area contributed by atoms with Gasteiger partial charge in [-0.1, -0.05) is 6.92 Å². The molecule has 66 valence electrons. The summed E-state index contributed by atoms with van der Waals surface area (Å²) in [6.45, 7) is 3.01. The van der Waals surface area contributed by atoms with Crippen LogP contribution in [0.1, 0.15) is 32.6 Å². The van der Waals surface area contributed by atoms with Gasteiger partial charge >= 0.3 is 0 Å². The molecule has 2 heteroatoms. The van der Waals surface area contributed by atoms with Gasteiger partial charge in [0.2, 0.25) is 0 Å². The van der Waals surface area contributed by atoms with E-state index in [1.54, 1.807) is 0 Å². The highest BCUT2D eigenvalue weighted by molar-refractivity contribution is 5.99. The number of carbonyl (C=O) groups is 1. The number of nitrogens with one attached hydrogen (secondary N) is 1. The summed E-state index contributed by atoms with van der Waals surface area (Å²) < 4.78 is 0. The molecular formula is C10H15NO. The molecule has 0 amide bonds. The largest absolute Gasteiger partial charge is 0.382 e. The van der Waals surface area contributed by atoms with Crippen molar-refractivity contribution in [3.63, 3.8) is 0 Å². The molecule has 1 unspecified atom stereocenters. The van der Waals surface area contributed by atoms with Crippen LogP contribution in [0.15, 0.2) is 11.3 Å². The topological polar surface area (TPSA) is 29.1 Å². The molecule has 0 radical (unpaired) electrons. The highest BCUT2D eigenvalue weighted by Crippen LogP contribution is 2.31. The second kappa shape index (κ2) is 2.92. The second-order valence-electron chi connectivity index (χ2n) is 3.83. The van der Waals surface area contributed by atoms with Gasteiger partial charge < -0.3 is 5.32 Å².